The third-order valence-electron chi connectivity index (χ3n) is 2.25. The number of nitrogens with zero attached hydrogens (tertiary/aromatic N) is 3. The van der Waals surface area contributed by atoms with Crippen LogP contribution >= 0.6 is 0 Å². The number of halogens is 1. The maximum Gasteiger partial charge on any atom is 0.161 e. The first-order valence-electron chi connectivity index (χ1n) is 4.67. The molecule has 5 heteroatoms. The van der Waals surface area contributed by atoms with Gasteiger partial charge in [0.1, 0.15) is 11.6 Å². The van der Waals surface area contributed by atoms with E-state index in [1.165, 1.54) is 12.3 Å². The molecule has 78 valence electrons. The summed E-state index contributed by atoms with van der Waals surface area (Å²) in [5, 5.41) is 8.72. The molecule has 2 rings (SSSR count). The largest absolute Gasteiger partial charge is 0.360 e. The minimum atomic E-state index is -0.425. The lowest BCUT2D eigenvalue weighted by atomic mass is 10.3. The lowest BCUT2D eigenvalue weighted by Crippen LogP contribution is -2.42. The number of rotatable bonds is 1. The third-order valence-corrected chi connectivity index (χ3v) is 2.25. The highest BCUT2D eigenvalue weighted by Crippen LogP contribution is 2.14. The molecule has 0 radical (unpaired) electrons. The molecule has 4 nitrogen and oxygen atoms in total. The van der Waals surface area contributed by atoms with Gasteiger partial charge < -0.3 is 9.64 Å². The van der Waals surface area contributed by atoms with Crippen LogP contribution in [0.25, 0.3) is 0 Å². The van der Waals surface area contributed by atoms with Crippen LogP contribution in [-0.2, 0) is 4.74 Å². The quantitative estimate of drug-likeness (QED) is 0.688. The van der Waals surface area contributed by atoms with Crippen LogP contribution < -0.4 is 4.90 Å². The molecular formula is C10H10FN3O. The first-order valence-corrected chi connectivity index (χ1v) is 4.67. The molecule has 0 spiro atoms. The second kappa shape index (κ2) is 4.24. The number of nitriles is 1. The van der Waals surface area contributed by atoms with E-state index in [1.54, 1.807) is 6.07 Å². The summed E-state index contributed by atoms with van der Waals surface area (Å²) in [4.78, 5) is 5.87. The van der Waals surface area contributed by atoms with Gasteiger partial charge in [0.05, 0.1) is 25.4 Å². The Morgan fingerprint density at radius 2 is 2.47 bits per heavy atom. The van der Waals surface area contributed by atoms with Crippen LogP contribution in [0.3, 0.4) is 0 Å². The number of morpholine rings is 1. The molecule has 1 atom stereocenters. The van der Waals surface area contributed by atoms with Gasteiger partial charge in [0.15, 0.2) is 6.10 Å². The van der Waals surface area contributed by atoms with E-state index >= 15 is 0 Å². The zero-order valence-electron chi connectivity index (χ0n) is 8.06. The third kappa shape index (κ3) is 2.22. The van der Waals surface area contributed by atoms with Crippen molar-refractivity contribution in [1.29, 1.82) is 5.26 Å². The first kappa shape index (κ1) is 9.87. The lowest BCUT2D eigenvalue weighted by molar-refractivity contribution is 0.0761. The molecule has 1 aliphatic rings. The van der Waals surface area contributed by atoms with Crippen molar-refractivity contribution in [1.82, 2.24) is 4.98 Å². The number of hydrogen-bond donors (Lipinski definition) is 0. The highest BCUT2D eigenvalue weighted by molar-refractivity contribution is 5.39. The Labute approximate surface area is 86.9 Å². The molecule has 0 aromatic carbocycles. The van der Waals surface area contributed by atoms with Gasteiger partial charge >= 0.3 is 0 Å². The monoisotopic (exact) mass is 207 g/mol. The van der Waals surface area contributed by atoms with E-state index in [1.807, 2.05) is 11.0 Å². The molecular weight excluding hydrogens is 197 g/mol. The summed E-state index contributed by atoms with van der Waals surface area (Å²) in [7, 11) is 0. The summed E-state index contributed by atoms with van der Waals surface area (Å²) in [6.45, 7) is 1.66. The fourth-order valence-electron chi connectivity index (χ4n) is 1.49. The molecule has 0 saturated carbocycles. The van der Waals surface area contributed by atoms with Crippen molar-refractivity contribution in [2.24, 2.45) is 0 Å². The standard InChI is InChI=1S/C10H10FN3O/c11-8-1-2-10(13-6-8)14-3-4-15-9(5-12)7-14/h1-2,6,9H,3-4,7H2. The van der Waals surface area contributed by atoms with Crippen LogP contribution in [-0.4, -0.2) is 30.8 Å². The Bertz CT molecular complexity index is 373. The maximum atomic E-state index is 12.6. The fraction of sp³-hybridized carbons (Fsp3) is 0.400. The molecule has 2 heterocycles. The van der Waals surface area contributed by atoms with E-state index in [9.17, 15) is 4.39 Å². The molecule has 1 fully saturated rings. The highest BCUT2D eigenvalue weighted by Gasteiger charge is 2.20. The lowest BCUT2D eigenvalue weighted by Gasteiger charge is -2.30. The summed E-state index contributed by atoms with van der Waals surface area (Å²) in [6.07, 6.45) is 0.747. The Morgan fingerprint density at radius 3 is 3.13 bits per heavy atom. The van der Waals surface area contributed by atoms with Gasteiger partial charge in [-0.3, -0.25) is 0 Å². The molecule has 15 heavy (non-hydrogen) atoms. The van der Waals surface area contributed by atoms with E-state index in [4.69, 9.17) is 10.00 Å². The number of pyridine rings is 1. The number of aromatic nitrogens is 1. The van der Waals surface area contributed by atoms with Crippen molar-refractivity contribution in [3.63, 3.8) is 0 Å². The average Bonchev–Trinajstić information content (AvgIpc) is 2.30. The van der Waals surface area contributed by atoms with Crippen LogP contribution in [0, 0.1) is 17.1 Å². The van der Waals surface area contributed by atoms with Crippen molar-refractivity contribution in [2.75, 3.05) is 24.6 Å². The Morgan fingerprint density at radius 1 is 1.60 bits per heavy atom. The molecule has 1 saturated heterocycles. The number of ether oxygens (including phenoxy) is 1. The normalized spacial score (nSPS) is 21.1. The SMILES string of the molecule is N#CC1CN(c2ccc(F)cn2)CCO1. The minimum absolute atomic E-state index is 0.358. The van der Waals surface area contributed by atoms with Gasteiger partial charge in [0, 0.05) is 6.54 Å². The summed E-state index contributed by atoms with van der Waals surface area (Å²) < 4.78 is 17.8. The second-order valence-electron chi connectivity index (χ2n) is 3.27. The van der Waals surface area contributed by atoms with Gasteiger partial charge in [-0.2, -0.15) is 5.26 Å². The smallest absolute Gasteiger partial charge is 0.161 e. The van der Waals surface area contributed by atoms with Gasteiger partial charge in [-0.05, 0) is 12.1 Å². The van der Waals surface area contributed by atoms with E-state index in [2.05, 4.69) is 4.98 Å². The molecule has 1 aromatic rings. The van der Waals surface area contributed by atoms with E-state index in [0.717, 1.165) is 0 Å². The van der Waals surface area contributed by atoms with Crippen molar-refractivity contribution in [3.05, 3.63) is 24.1 Å². The molecule has 0 amide bonds. The van der Waals surface area contributed by atoms with Gasteiger partial charge in [-0.25, -0.2) is 9.37 Å². The summed E-state index contributed by atoms with van der Waals surface area (Å²) >= 11 is 0. The molecule has 1 unspecified atom stereocenters. The summed E-state index contributed by atoms with van der Waals surface area (Å²) in [5.74, 6) is 0.323. The van der Waals surface area contributed by atoms with Crippen LogP contribution in [0.15, 0.2) is 18.3 Å². The van der Waals surface area contributed by atoms with Crippen LogP contribution in [0.5, 0.6) is 0 Å². The molecule has 0 bridgehead atoms. The van der Waals surface area contributed by atoms with Gasteiger partial charge in [0.25, 0.3) is 0 Å². The van der Waals surface area contributed by atoms with Gasteiger partial charge in [0.2, 0.25) is 0 Å². The average molecular weight is 207 g/mol. The van der Waals surface area contributed by atoms with Gasteiger partial charge in [-0.1, -0.05) is 0 Å². The second-order valence-corrected chi connectivity index (χ2v) is 3.27. The Balaban J connectivity index is 2.10. The van der Waals surface area contributed by atoms with E-state index in [0.29, 0.717) is 25.5 Å². The van der Waals surface area contributed by atoms with Crippen molar-refractivity contribution >= 4 is 5.82 Å². The summed E-state index contributed by atoms with van der Waals surface area (Å²) in [6, 6.07) is 5.02. The summed E-state index contributed by atoms with van der Waals surface area (Å²) in [5.41, 5.74) is 0. The molecule has 0 aliphatic carbocycles. The van der Waals surface area contributed by atoms with Crippen LogP contribution in [0.1, 0.15) is 0 Å². The van der Waals surface area contributed by atoms with Crippen molar-refractivity contribution in [3.8, 4) is 6.07 Å². The Kier molecular flexibility index (Phi) is 2.79. The highest BCUT2D eigenvalue weighted by atomic mass is 19.1. The first-order chi connectivity index (χ1) is 7.29. The predicted octanol–water partition coefficient (Wildman–Crippen LogP) is 0.949. The number of hydrogen-bond acceptors (Lipinski definition) is 4. The van der Waals surface area contributed by atoms with E-state index < -0.39 is 6.10 Å². The van der Waals surface area contributed by atoms with E-state index in [-0.39, 0.29) is 5.82 Å². The fourth-order valence-corrected chi connectivity index (χ4v) is 1.49. The topological polar surface area (TPSA) is 49.2 Å². The van der Waals surface area contributed by atoms with Gasteiger partial charge in [-0.15, -0.1) is 0 Å². The zero-order chi connectivity index (χ0) is 10.7. The molecule has 1 aliphatic heterocycles. The Hall–Kier alpha value is -1.67. The predicted molar refractivity (Wildman–Crippen MR) is 51.8 cm³/mol. The minimum Gasteiger partial charge on any atom is -0.360 e. The number of anilines is 1. The molecule has 1 aromatic heterocycles. The van der Waals surface area contributed by atoms with Crippen molar-refractivity contribution < 1.29 is 9.13 Å². The van der Waals surface area contributed by atoms with Crippen molar-refractivity contribution in [2.45, 2.75) is 6.10 Å². The molecule has 0 N–H and O–H groups in total. The van der Waals surface area contributed by atoms with Crippen LogP contribution in [0.4, 0.5) is 10.2 Å². The van der Waals surface area contributed by atoms with Crippen LogP contribution in [0.2, 0.25) is 0 Å². The zero-order valence-corrected chi connectivity index (χ0v) is 8.06. The maximum absolute atomic E-state index is 12.6.